The highest BCUT2D eigenvalue weighted by Gasteiger charge is 2.45. The zero-order valence-corrected chi connectivity index (χ0v) is 21.6. The maximum atomic E-state index is 13.1. The summed E-state index contributed by atoms with van der Waals surface area (Å²) in [6.07, 6.45) is 0. The van der Waals surface area contributed by atoms with Gasteiger partial charge in [-0.25, -0.2) is 0 Å². The summed E-state index contributed by atoms with van der Waals surface area (Å²) in [4.78, 5) is 27.5. The van der Waals surface area contributed by atoms with Gasteiger partial charge in [-0.1, -0.05) is 53.6 Å². The Morgan fingerprint density at radius 2 is 1.70 bits per heavy atom. The summed E-state index contributed by atoms with van der Waals surface area (Å²) in [5.74, 6) is -0.805. The van der Waals surface area contributed by atoms with E-state index in [4.69, 9.17) is 25.8 Å². The molecule has 8 heteroatoms. The van der Waals surface area contributed by atoms with Crippen molar-refractivity contribution in [1.29, 1.82) is 0 Å². The lowest BCUT2D eigenvalue weighted by Crippen LogP contribution is -2.32. The third-order valence-corrected chi connectivity index (χ3v) is 6.54. The number of Topliss-reactive ketones (excluding diaryl/α,β-unsaturated/α-hetero) is 1. The molecule has 3 aromatic rings. The van der Waals surface area contributed by atoms with Gasteiger partial charge in [-0.15, -0.1) is 0 Å². The van der Waals surface area contributed by atoms with Crippen LogP contribution in [0.3, 0.4) is 0 Å². The fourth-order valence-corrected chi connectivity index (χ4v) is 4.40. The zero-order chi connectivity index (χ0) is 26.5. The van der Waals surface area contributed by atoms with E-state index in [0.717, 1.165) is 5.56 Å². The van der Waals surface area contributed by atoms with Crippen molar-refractivity contribution in [1.82, 2.24) is 4.90 Å². The Labute approximate surface area is 220 Å². The van der Waals surface area contributed by atoms with Gasteiger partial charge in [0.05, 0.1) is 30.4 Å². The van der Waals surface area contributed by atoms with Gasteiger partial charge in [-0.05, 0) is 48.4 Å². The zero-order valence-electron chi connectivity index (χ0n) is 20.9. The lowest BCUT2D eigenvalue weighted by atomic mass is 9.95. The van der Waals surface area contributed by atoms with Gasteiger partial charge in [0.1, 0.15) is 23.9 Å². The molecule has 1 heterocycles. The summed E-state index contributed by atoms with van der Waals surface area (Å²) < 4.78 is 16.3. The molecule has 0 spiro atoms. The van der Waals surface area contributed by atoms with E-state index < -0.39 is 17.7 Å². The van der Waals surface area contributed by atoms with E-state index in [0.29, 0.717) is 34.3 Å². The van der Waals surface area contributed by atoms with Gasteiger partial charge in [-0.2, -0.15) is 0 Å². The molecule has 1 aliphatic rings. The number of nitrogens with zero attached hydrogens (tertiary/aromatic N) is 1. The number of amides is 1. The molecule has 37 heavy (non-hydrogen) atoms. The second kappa shape index (κ2) is 11.5. The number of hydrogen-bond acceptors (Lipinski definition) is 6. The van der Waals surface area contributed by atoms with E-state index in [-0.39, 0.29) is 24.5 Å². The first kappa shape index (κ1) is 26.3. The fourth-order valence-electron chi connectivity index (χ4n) is 4.21. The molecule has 0 aliphatic carbocycles. The van der Waals surface area contributed by atoms with Crippen molar-refractivity contribution in [2.45, 2.75) is 19.6 Å². The number of carbonyl (C=O) groups is 2. The van der Waals surface area contributed by atoms with Crippen LogP contribution in [0, 0.1) is 6.92 Å². The van der Waals surface area contributed by atoms with Crippen molar-refractivity contribution in [2.24, 2.45) is 0 Å². The van der Waals surface area contributed by atoms with Gasteiger partial charge in [-0.3, -0.25) is 9.59 Å². The van der Waals surface area contributed by atoms with Crippen LogP contribution >= 0.6 is 11.6 Å². The monoisotopic (exact) mass is 521 g/mol. The Morgan fingerprint density at radius 3 is 2.35 bits per heavy atom. The largest absolute Gasteiger partial charge is 0.507 e. The average Bonchev–Trinajstić information content (AvgIpc) is 3.16. The highest BCUT2D eigenvalue weighted by atomic mass is 35.5. The molecule has 3 aromatic carbocycles. The minimum absolute atomic E-state index is 0.0150. The van der Waals surface area contributed by atoms with Crippen LogP contribution in [-0.4, -0.2) is 49.1 Å². The topological polar surface area (TPSA) is 85.3 Å². The average molecular weight is 522 g/mol. The Hall–Kier alpha value is -3.81. The third kappa shape index (κ3) is 5.63. The van der Waals surface area contributed by atoms with Crippen molar-refractivity contribution in [3.63, 3.8) is 0 Å². The Bertz CT molecular complexity index is 1320. The summed E-state index contributed by atoms with van der Waals surface area (Å²) in [6.45, 7) is 2.85. The summed E-state index contributed by atoms with van der Waals surface area (Å²) in [7, 11) is 2.98. The Morgan fingerprint density at radius 1 is 1.00 bits per heavy atom. The number of aliphatic hydroxyl groups is 1. The Kier molecular flexibility index (Phi) is 8.16. The lowest BCUT2D eigenvalue weighted by molar-refractivity contribution is -0.140. The Balaban J connectivity index is 1.68. The molecule has 0 saturated carbocycles. The van der Waals surface area contributed by atoms with Crippen LogP contribution in [-0.2, 0) is 20.9 Å². The SMILES string of the molecule is COCCN1C(=O)C(=O)/C(=C(\O)c2ccc(Cl)c(OC)c2)C1c1ccc(OCc2ccc(C)cc2)cc1. The highest BCUT2D eigenvalue weighted by Crippen LogP contribution is 2.40. The van der Waals surface area contributed by atoms with E-state index in [9.17, 15) is 14.7 Å². The number of rotatable bonds is 9. The summed E-state index contributed by atoms with van der Waals surface area (Å²) in [5, 5.41) is 11.6. The highest BCUT2D eigenvalue weighted by molar-refractivity contribution is 6.46. The molecule has 0 radical (unpaired) electrons. The van der Waals surface area contributed by atoms with Gasteiger partial charge in [0.15, 0.2) is 0 Å². The third-order valence-electron chi connectivity index (χ3n) is 6.22. The second-order valence-electron chi connectivity index (χ2n) is 8.68. The van der Waals surface area contributed by atoms with Crippen LogP contribution in [0.25, 0.3) is 5.76 Å². The first-order chi connectivity index (χ1) is 17.8. The quantitative estimate of drug-likeness (QED) is 0.233. The van der Waals surface area contributed by atoms with Crippen molar-refractivity contribution >= 4 is 29.1 Å². The molecule has 4 rings (SSSR count). The van der Waals surface area contributed by atoms with Crippen LogP contribution in [0.4, 0.5) is 0 Å². The number of aryl methyl sites for hydroxylation is 1. The summed E-state index contributed by atoms with van der Waals surface area (Å²) >= 11 is 6.13. The van der Waals surface area contributed by atoms with E-state index in [1.165, 1.54) is 30.7 Å². The minimum atomic E-state index is -0.803. The standard InChI is InChI=1S/C29H28ClNO6/c1-18-4-6-19(7-5-18)17-37-22-11-8-20(9-12-22)26-25(28(33)29(34)31(26)14-15-35-2)27(32)21-10-13-23(30)24(16-21)36-3/h4-13,16,26,32H,14-15,17H2,1-3H3/b27-25-. The molecule has 192 valence electrons. The number of halogens is 1. The second-order valence-corrected chi connectivity index (χ2v) is 9.09. The maximum absolute atomic E-state index is 13.1. The first-order valence-corrected chi connectivity index (χ1v) is 12.1. The number of methoxy groups -OCH3 is 2. The number of benzene rings is 3. The molecule has 0 bridgehead atoms. The maximum Gasteiger partial charge on any atom is 0.295 e. The molecular weight excluding hydrogens is 494 g/mol. The van der Waals surface area contributed by atoms with E-state index >= 15 is 0 Å². The van der Waals surface area contributed by atoms with E-state index in [1.54, 1.807) is 36.4 Å². The summed E-state index contributed by atoms with van der Waals surface area (Å²) in [5.41, 5.74) is 3.17. The smallest absolute Gasteiger partial charge is 0.295 e. The number of ether oxygens (including phenoxy) is 3. The van der Waals surface area contributed by atoms with Crippen LogP contribution in [0.2, 0.25) is 5.02 Å². The fraction of sp³-hybridized carbons (Fsp3) is 0.241. The molecule has 1 saturated heterocycles. The van der Waals surface area contributed by atoms with Gasteiger partial charge in [0.2, 0.25) is 0 Å². The number of likely N-dealkylation sites (tertiary alicyclic amines) is 1. The number of hydrogen-bond donors (Lipinski definition) is 1. The van der Waals surface area contributed by atoms with Crippen LogP contribution in [0.1, 0.15) is 28.3 Å². The molecule has 1 unspecified atom stereocenters. The molecule has 1 amide bonds. The molecule has 1 atom stereocenters. The number of ketones is 1. The van der Waals surface area contributed by atoms with Crippen LogP contribution in [0.5, 0.6) is 11.5 Å². The first-order valence-electron chi connectivity index (χ1n) is 11.7. The van der Waals surface area contributed by atoms with Crippen LogP contribution in [0.15, 0.2) is 72.3 Å². The van der Waals surface area contributed by atoms with Gasteiger partial charge >= 0.3 is 0 Å². The molecule has 1 fully saturated rings. The molecule has 1 N–H and O–H groups in total. The van der Waals surface area contributed by atoms with Crippen LogP contribution < -0.4 is 9.47 Å². The van der Waals surface area contributed by atoms with Gasteiger partial charge in [0.25, 0.3) is 11.7 Å². The van der Waals surface area contributed by atoms with E-state index in [1.807, 2.05) is 31.2 Å². The molecule has 0 aromatic heterocycles. The number of carbonyl (C=O) groups excluding carboxylic acids is 2. The van der Waals surface area contributed by atoms with E-state index in [2.05, 4.69) is 0 Å². The predicted octanol–water partition coefficient (Wildman–Crippen LogP) is 5.30. The molecule has 1 aliphatic heterocycles. The molecular formula is C29H28ClNO6. The predicted molar refractivity (Wildman–Crippen MR) is 141 cm³/mol. The van der Waals surface area contributed by atoms with Crippen molar-refractivity contribution in [2.75, 3.05) is 27.4 Å². The number of aliphatic hydroxyl groups excluding tert-OH is 1. The van der Waals surface area contributed by atoms with Crippen molar-refractivity contribution < 1.29 is 28.9 Å². The normalized spacial score (nSPS) is 16.8. The summed E-state index contributed by atoms with van der Waals surface area (Å²) in [6, 6.07) is 19.1. The van der Waals surface area contributed by atoms with Gasteiger partial charge in [0, 0.05) is 19.2 Å². The van der Waals surface area contributed by atoms with Crippen molar-refractivity contribution in [3.05, 3.63) is 99.6 Å². The lowest BCUT2D eigenvalue weighted by Gasteiger charge is -2.25. The van der Waals surface area contributed by atoms with Crippen molar-refractivity contribution in [3.8, 4) is 11.5 Å². The van der Waals surface area contributed by atoms with Gasteiger partial charge < -0.3 is 24.2 Å². The molecule has 7 nitrogen and oxygen atoms in total. The minimum Gasteiger partial charge on any atom is -0.507 e.